The van der Waals surface area contributed by atoms with E-state index in [1.54, 1.807) is 23.2 Å². The standard InChI is InChI=1S/C12H10ClN3O/c1-7-9(5-16(2)15-7)10-6-17-11-3-8(13)4-14-12(10)11/h3-6H,1-2H3. The van der Waals surface area contributed by atoms with Crippen molar-refractivity contribution in [2.75, 3.05) is 0 Å². The zero-order valence-electron chi connectivity index (χ0n) is 9.44. The maximum Gasteiger partial charge on any atom is 0.154 e. The Labute approximate surface area is 103 Å². The second-order valence-electron chi connectivity index (χ2n) is 3.95. The molecule has 3 aromatic rings. The average molecular weight is 248 g/mol. The lowest BCUT2D eigenvalue weighted by Gasteiger charge is -1.94. The number of aromatic nitrogens is 3. The van der Waals surface area contributed by atoms with Gasteiger partial charge in [0.1, 0.15) is 11.8 Å². The van der Waals surface area contributed by atoms with Crippen molar-refractivity contribution in [1.82, 2.24) is 14.8 Å². The summed E-state index contributed by atoms with van der Waals surface area (Å²) in [5.74, 6) is 0. The average Bonchev–Trinajstić information content (AvgIpc) is 2.81. The van der Waals surface area contributed by atoms with Crippen molar-refractivity contribution in [1.29, 1.82) is 0 Å². The number of furan rings is 1. The van der Waals surface area contributed by atoms with Gasteiger partial charge in [-0.25, -0.2) is 0 Å². The van der Waals surface area contributed by atoms with E-state index >= 15 is 0 Å². The van der Waals surface area contributed by atoms with Crippen molar-refractivity contribution >= 4 is 22.7 Å². The topological polar surface area (TPSA) is 43.9 Å². The zero-order valence-corrected chi connectivity index (χ0v) is 10.2. The summed E-state index contributed by atoms with van der Waals surface area (Å²) >= 11 is 5.87. The van der Waals surface area contributed by atoms with Gasteiger partial charge in [-0.2, -0.15) is 5.10 Å². The van der Waals surface area contributed by atoms with Crippen LogP contribution in [0, 0.1) is 6.92 Å². The van der Waals surface area contributed by atoms with Gasteiger partial charge in [0.15, 0.2) is 5.58 Å². The summed E-state index contributed by atoms with van der Waals surface area (Å²) in [7, 11) is 1.89. The molecule has 0 bridgehead atoms. The molecule has 0 aromatic carbocycles. The van der Waals surface area contributed by atoms with Gasteiger partial charge in [-0.1, -0.05) is 11.6 Å². The molecule has 0 N–H and O–H groups in total. The number of hydrogen-bond donors (Lipinski definition) is 0. The van der Waals surface area contributed by atoms with E-state index in [1.807, 2.05) is 20.2 Å². The molecule has 5 heteroatoms. The summed E-state index contributed by atoms with van der Waals surface area (Å²) in [4.78, 5) is 4.30. The van der Waals surface area contributed by atoms with Crippen LogP contribution in [0.4, 0.5) is 0 Å². The third-order valence-electron chi connectivity index (χ3n) is 2.68. The Morgan fingerprint density at radius 3 is 2.88 bits per heavy atom. The number of aryl methyl sites for hydroxylation is 2. The highest BCUT2D eigenvalue weighted by Crippen LogP contribution is 2.31. The molecule has 0 aliphatic carbocycles. The molecule has 0 atom stereocenters. The number of hydrogen-bond acceptors (Lipinski definition) is 3. The molecule has 0 aliphatic heterocycles. The van der Waals surface area contributed by atoms with Crippen molar-refractivity contribution in [2.24, 2.45) is 7.05 Å². The van der Waals surface area contributed by atoms with Gasteiger partial charge in [-0.3, -0.25) is 9.67 Å². The van der Waals surface area contributed by atoms with Crippen molar-refractivity contribution < 1.29 is 4.42 Å². The predicted octanol–water partition coefficient (Wildman–Crippen LogP) is 3.19. The fourth-order valence-electron chi connectivity index (χ4n) is 1.95. The maximum atomic E-state index is 5.87. The zero-order chi connectivity index (χ0) is 12.0. The van der Waals surface area contributed by atoms with E-state index in [-0.39, 0.29) is 0 Å². The van der Waals surface area contributed by atoms with E-state index < -0.39 is 0 Å². The molecule has 0 unspecified atom stereocenters. The molecule has 3 aromatic heterocycles. The number of fused-ring (bicyclic) bond motifs is 1. The number of nitrogens with zero attached hydrogens (tertiary/aromatic N) is 3. The Balaban J connectivity index is 2.28. The van der Waals surface area contributed by atoms with Crippen molar-refractivity contribution in [3.05, 3.63) is 35.4 Å². The van der Waals surface area contributed by atoms with Crippen LogP contribution >= 0.6 is 11.6 Å². The van der Waals surface area contributed by atoms with Crippen LogP contribution in [0.3, 0.4) is 0 Å². The predicted molar refractivity (Wildman–Crippen MR) is 66.0 cm³/mol. The monoisotopic (exact) mass is 247 g/mol. The summed E-state index contributed by atoms with van der Waals surface area (Å²) in [6.07, 6.45) is 5.27. The van der Waals surface area contributed by atoms with E-state index in [9.17, 15) is 0 Å². The Hall–Kier alpha value is -1.81. The molecule has 4 nitrogen and oxygen atoms in total. The van der Waals surface area contributed by atoms with Gasteiger partial charge in [-0.05, 0) is 6.92 Å². The molecule has 0 saturated carbocycles. The molecule has 0 saturated heterocycles. The molecular weight excluding hydrogens is 238 g/mol. The van der Waals surface area contributed by atoms with E-state index in [0.717, 1.165) is 22.3 Å². The summed E-state index contributed by atoms with van der Waals surface area (Å²) in [6.45, 7) is 1.96. The first-order valence-corrected chi connectivity index (χ1v) is 5.56. The van der Waals surface area contributed by atoms with Crippen LogP contribution in [0.25, 0.3) is 22.2 Å². The highest BCUT2D eigenvalue weighted by molar-refractivity contribution is 6.31. The third kappa shape index (κ3) is 1.61. The number of pyridine rings is 1. The minimum absolute atomic E-state index is 0.571. The van der Waals surface area contributed by atoms with E-state index in [1.165, 1.54) is 0 Å². The molecule has 0 spiro atoms. The van der Waals surface area contributed by atoms with Crippen LogP contribution in [0.5, 0.6) is 0 Å². The van der Waals surface area contributed by atoms with Gasteiger partial charge < -0.3 is 4.42 Å². The lowest BCUT2D eigenvalue weighted by molar-refractivity contribution is 0.616. The molecule has 0 aliphatic rings. The Morgan fingerprint density at radius 1 is 1.35 bits per heavy atom. The smallest absolute Gasteiger partial charge is 0.154 e. The second-order valence-corrected chi connectivity index (χ2v) is 4.39. The lowest BCUT2D eigenvalue weighted by Crippen LogP contribution is -1.86. The Bertz CT molecular complexity index is 699. The fourth-order valence-corrected chi connectivity index (χ4v) is 2.09. The summed E-state index contributed by atoms with van der Waals surface area (Å²) in [5.41, 5.74) is 4.43. The van der Waals surface area contributed by atoms with Gasteiger partial charge >= 0.3 is 0 Å². The molecular formula is C12H10ClN3O. The van der Waals surface area contributed by atoms with Crippen LogP contribution in [-0.2, 0) is 7.05 Å². The van der Waals surface area contributed by atoms with E-state index in [0.29, 0.717) is 10.6 Å². The van der Waals surface area contributed by atoms with Crippen LogP contribution in [0.1, 0.15) is 5.69 Å². The molecule has 0 fully saturated rings. The van der Waals surface area contributed by atoms with Crippen molar-refractivity contribution in [2.45, 2.75) is 6.92 Å². The van der Waals surface area contributed by atoms with Gasteiger partial charge in [0.2, 0.25) is 0 Å². The Kier molecular flexibility index (Phi) is 2.19. The van der Waals surface area contributed by atoms with Gasteiger partial charge in [0, 0.05) is 36.6 Å². The first-order chi connectivity index (χ1) is 8.15. The molecule has 3 rings (SSSR count). The quantitative estimate of drug-likeness (QED) is 0.663. The van der Waals surface area contributed by atoms with Crippen LogP contribution < -0.4 is 0 Å². The van der Waals surface area contributed by atoms with Gasteiger partial charge in [0.05, 0.1) is 10.7 Å². The molecule has 3 heterocycles. The Morgan fingerprint density at radius 2 is 2.18 bits per heavy atom. The first-order valence-electron chi connectivity index (χ1n) is 5.18. The molecule has 0 amide bonds. The highest BCUT2D eigenvalue weighted by atomic mass is 35.5. The van der Waals surface area contributed by atoms with Gasteiger partial charge in [0.25, 0.3) is 0 Å². The minimum atomic E-state index is 0.571. The minimum Gasteiger partial charge on any atom is -0.462 e. The molecule has 86 valence electrons. The SMILES string of the molecule is Cc1nn(C)cc1-c1coc2cc(Cl)cnc12. The normalized spacial score (nSPS) is 11.2. The van der Waals surface area contributed by atoms with Crippen molar-refractivity contribution in [3.63, 3.8) is 0 Å². The van der Waals surface area contributed by atoms with E-state index in [4.69, 9.17) is 16.0 Å². The first kappa shape index (κ1) is 10.4. The second kappa shape index (κ2) is 3.60. The molecule has 0 radical (unpaired) electrons. The van der Waals surface area contributed by atoms with E-state index in [2.05, 4.69) is 10.1 Å². The lowest BCUT2D eigenvalue weighted by atomic mass is 10.1. The number of halogens is 1. The number of rotatable bonds is 1. The highest BCUT2D eigenvalue weighted by Gasteiger charge is 2.14. The third-order valence-corrected chi connectivity index (χ3v) is 2.89. The summed E-state index contributed by atoms with van der Waals surface area (Å²) in [5, 5.41) is 4.88. The van der Waals surface area contributed by atoms with Crippen LogP contribution in [0.2, 0.25) is 5.02 Å². The molecule has 17 heavy (non-hydrogen) atoms. The summed E-state index contributed by atoms with van der Waals surface area (Å²) in [6, 6.07) is 1.76. The maximum absolute atomic E-state index is 5.87. The van der Waals surface area contributed by atoms with Crippen LogP contribution in [-0.4, -0.2) is 14.8 Å². The largest absolute Gasteiger partial charge is 0.462 e. The van der Waals surface area contributed by atoms with Crippen LogP contribution in [0.15, 0.2) is 29.1 Å². The summed E-state index contributed by atoms with van der Waals surface area (Å²) < 4.78 is 7.24. The van der Waals surface area contributed by atoms with Crippen molar-refractivity contribution in [3.8, 4) is 11.1 Å². The fraction of sp³-hybridized carbons (Fsp3) is 0.167. The van der Waals surface area contributed by atoms with Gasteiger partial charge in [-0.15, -0.1) is 0 Å².